The van der Waals surface area contributed by atoms with Crippen LogP contribution in [0.2, 0.25) is 0 Å². The summed E-state index contributed by atoms with van der Waals surface area (Å²) in [6.07, 6.45) is 6.00. The van der Waals surface area contributed by atoms with Gasteiger partial charge in [0.15, 0.2) is 5.11 Å². The molecule has 0 unspecified atom stereocenters. The van der Waals surface area contributed by atoms with Crippen molar-refractivity contribution < 1.29 is 4.74 Å². The Morgan fingerprint density at radius 2 is 2.04 bits per heavy atom. The van der Waals surface area contributed by atoms with Gasteiger partial charge < -0.3 is 19.9 Å². The lowest BCUT2D eigenvalue weighted by atomic mass is 9.94. The molecule has 1 saturated carbocycles. The second kappa shape index (κ2) is 9.41. The van der Waals surface area contributed by atoms with Crippen LogP contribution in [0.5, 0.6) is 5.75 Å². The number of rotatable bonds is 6. The predicted molar refractivity (Wildman–Crippen MR) is 119 cm³/mol. The van der Waals surface area contributed by atoms with Crippen LogP contribution in [0.1, 0.15) is 51.5 Å². The van der Waals surface area contributed by atoms with Gasteiger partial charge in [0.05, 0.1) is 19.2 Å². The molecule has 0 spiro atoms. The van der Waals surface area contributed by atoms with E-state index in [9.17, 15) is 4.79 Å². The molecule has 1 heterocycles. The summed E-state index contributed by atoms with van der Waals surface area (Å²) in [5, 5.41) is 5.16. The fraction of sp³-hybridized carbons (Fsp3) is 0.545. The number of thiocarbonyl (C=S) groups is 1. The predicted octanol–water partition coefficient (Wildman–Crippen LogP) is 4.20. The van der Waals surface area contributed by atoms with Gasteiger partial charge in [0.1, 0.15) is 5.75 Å². The van der Waals surface area contributed by atoms with Crippen LogP contribution in [0.25, 0.3) is 10.9 Å². The first-order valence-corrected chi connectivity index (χ1v) is 10.6. The number of aromatic nitrogens is 1. The Bertz CT molecular complexity index is 872. The fourth-order valence-electron chi connectivity index (χ4n) is 3.81. The molecule has 28 heavy (non-hydrogen) atoms. The van der Waals surface area contributed by atoms with E-state index in [-0.39, 0.29) is 5.56 Å². The molecule has 1 aliphatic rings. The molecule has 1 aromatic carbocycles. The molecule has 1 aliphatic carbocycles. The van der Waals surface area contributed by atoms with Crippen LogP contribution in [-0.2, 0) is 6.54 Å². The number of nitrogens with one attached hydrogen (secondary N) is 2. The van der Waals surface area contributed by atoms with E-state index >= 15 is 0 Å². The zero-order valence-corrected chi connectivity index (χ0v) is 17.9. The summed E-state index contributed by atoms with van der Waals surface area (Å²) in [4.78, 5) is 18.0. The number of fused-ring (bicyclic) bond motifs is 1. The van der Waals surface area contributed by atoms with E-state index in [1.54, 1.807) is 7.11 Å². The maximum Gasteiger partial charge on any atom is 0.253 e. The van der Waals surface area contributed by atoms with Crippen LogP contribution in [0.3, 0.4) is 0 Å². The Morgan fingerprint density at radius 3 is 2.71 bits per heavy atom. The molecule has 5 nitrogen and oxygen atoms in total. The van der Waals surface area contributed by atoms with Crippen molar-refractivity contribution >= 4 is 28.2 Å². The number of aromatic amines is 1. The fourth-order valence-corrected chi connectivity index (χ4v) is 4.10. The van der Waals surface area contributed by atoms with Crippen molar-refractivity contribution in [1.29, 1.82) is 0 Å². The maximum absolute atomic E-state index is 12.8. The second-order valence-electron chi connectivity index (χ2n) is 8.08. The molecule has 0 saturated heterocycles. The average molecular weight is 402 g/mol. The molecule has 0 atom stereocenters. The Labute approximate surface area is 172 Å². The smallest absolute Gasteiger partial charge is 0.253 e. The minimum absolute atomic E-state index is 0.0618. The maximum atomic E-state index is 12.8. The van der Waals surface area contributed by atoms with Crippen molar-refractivity contribution in [3.05, 3.63) is 40.2 Å². The molecular weight excluding hydrogens is 370 g/mol. The highest BCUT2D eigenvalue weighted by atomic mass is 32.1. The average Bonchev–Trinajstić information content (AvgIpc) is 2.70. The van der Waals surface area contributed by atoms with E-state index < -0.39 is 0 Å². The number of H-pyrrole nitrogens is 1. The summed E-state index contributed by atoms with van der Waals surface area (Å²) < 4.78 is 5.26. The summed E-state index contributed by atoms with van der Waals surface area (Å²) in [6.45, 7) is 5.72. The lowest BCUT2D eigenvalue weighted by Gasteiger charge is -2.36. The number of hydrogen-bond acceptors (Lipinski definition) is 3. The van der Waals surface area contributed by atoms with Gasteiger partial charge in [-0.15, -0.1) is 0 Å². The number of nitrogens with zero attached hydrogens (tertiary/aromatic N) is 1. The van der Waals surface area contributed by atoms with Gasteiger partial charge >= 0.3 is 0 Å². The van der Waals surface area contributed by atoms with Gasteiger partial charge in [0, 0.05) is 24.2 Å². The monoisotopic (exact) mass is 401 g/mol. The van der Waals surface area contributed by atoms with Gasteiger partial charge in [-0.05, 0) is 54.6 Å². The highest BCUT2D eigenvalue weighted by molar-refractivity contribution is 7.80. The van der Waals surface area contributed by atoms with E-state index in [1.165, 1.54) is 19.3 Å². The summed E-state index contributed by atoms with van der Waals surface area (Å²) in [7, 11) is 1.63. The van der Waals surface area contributed by atoms with E-state index in [4.69, 9.17) is 17.0 Å². The largest absolute Gasteiger partial charge is 0.497 e. The van der Waals surface area contributed by atoms with Crippen LogP contribution >= 0.6 is 12.2 Å². The van der Waals surface area contributed by atoms with Crippen LogP contribution < -0.4 is 15.6 Å². The quantitative estimate of drug-likeness (QED) is 0.711. The van der Waals surface area contributed by atoms with Crippen LogP contribution in [0.4, 0.5) is 0 Å². The molecular formula is C22H31N3O2S. The molecule has 1 fully saturated rings. The lowest BCUT2D eigenvalue weighted by Crippen LogP contribution is -2.47. The topological polar surface area (TPSA) is 57.4 Å². The summed E-state index contributed by atoms with van der Waals surface area (Å²) in [5.74, 6) is 1.25. The van der Waals surface area contributed by atoms with Crippen molar-refractivity contribution in [3.8, 4) is 5.75 Å². The normalized spacial score (nSPS) is 15.0. The number of hydrogen-bond donors (Lipinski definition) is 2. The Hall–Kier alpha value is -2.08. The van der Waals surface area contributed by atoms with Gasteiger partial charge in [-0.1, -0.05) is 33.1 Å². The van der Waals surface area contributed by atoms with E-state index in [0.717, 1.165) is 46.7 Å². The van der Waals surface area contributed by atoms with Crippen molar-refractivity contribution in [2.24, 2.45) is 5.92 Å². The highest BCUT2D eigenvalue weighted by Gasteiger charge is 2.24. The summed E-state index contributed by atoms with van der Waals surface area (Å²) in [5.41, 5.74) is 1.47. The number of ether oxygens (including phenoxy) is 1. The first-order valence-electron chi connectivity index (χ1n) is 10.2. The third-order valence-corrected chi connectivity index (χ3v) is 5.79. The first kappa shape index (κ1) is 20.6. The van der Waals surface area contributed by atoms with Gasteiger partial charge in [0.2, 0.25) is 0 Å². The Kier molecular flexibility index (Phi) is 6.94. The van der Waals surface area contributed by atoms with Crippen molar-refractivity contribution in [1.82, 2.24) is 15.2 Å². The summed E-state index contributed by atoms with van der Waals surface area (Å²) >= 11 is 5.73. The molecule has 0 radical (unpaired) electrons. The lowest BCUT2D eigenvalue weighted by molar-refractivity contribution is 0.234. The first-order chi connectivity index (χ1) is 13.5. The molecule has 0 bridgehead atoms. The summed E-state index contributed by atoms with van der Waals surface area (Å²) in [6, 6.07) is 8.13. The zero-order chi connectivity index (χ0) is 20.1. The van der Waals surface area contributed by atoms with Crippen molar-refractivity contribution in [2.75, 3.05) is 13.7 Å². The Balaban J connectivity index is 1.87. The highest BCUT2D eigenvalue weighted by Crippen LogP contribution is 2.25. The molecule has 1 aromatic heterocycles. The van der Waals surface area contributed by atoms with E-state index in [1.807, 2.05) is 24.3 Å². The Morgan fingerprint density at radius 1 is 1.29 bits per heavy atom. The van der Waals surface area contributed by atoms with Crippen LogP contribution in [-0.4, -0.2) is 34.7 Å². The molecule has 2 N–H and O–H groups in total. The van der Waals surface area contributed by atoms with Gasteiger partial charge in [-0.25, -0.2) is 0 Å². The van der Waals surface area contributed by atoms with E-state index in [0.29, 0.717) is 18.5 Å². The van der Waals surface area contributed by atoms with Crippen molar-refractivity contribution in [2.45, 2.75) is 58.5 Å². The van der Waals surface area contributed by atoms with Gasteiger partial charge in [-0.2, -0.15) is 0 Å². The van der Waals surface area contributed by atoms with Gasteiger partial charge in [-0.3, -0.25) is 4.79 Å². The molecule has 3 rings (SSSR count). The zero-order valence-electron chi connectivity index (χ0n) is 17.1. The number of benzene rings is 1. The molecule has 0 aliphatic heterocycles. The van der Waals surface area contributed by atoms with Crippen molar-refractivity contribution in [3.63, 3.8) is 0 Å². The van der Waals surface area contributed by atoms with Crippen LogP contribution in [0, 0.1) is 5.92 Å². The third-order valence-electron chi connectivity index (χ3n) is 5.41. The number of pyridine rings is 1. The number of methoxy groups -OCH3 is 1. The van der Waals surface area contributed by atoms with Crippen LogP contribution in [0.15, 0.2) is 29.1 Å². The molecule has 2 aromatic rings. The molecule has 152 valence electrons. The standard InChI is InChI=1S/C22H31N3O2S/c1-15(2)13-23-22(28)25(18-7-5-4-6-8-18)14-17-11-16-9-10-19(27-3)12-20(16)24-21(17)26/h9-12,15,18H,4-8,13-14H2,1-3H3,(H,23,28)(H,24,26). The second-order valence-corrected chi connectivity index (χ2v) is 8.46. The minimum atomic E-state index is -0.0618. The van der Waals surface area contributed by atoms with E-state index in [2.05, 4.69) is 29.0 Å². The molecule has 0 amide bonds. The minimum Gasteiger partial charge on any atom is -0.497 e. The van der Waals surface area contributed by atoms with Gasteiger partial charge in [0.25, 0.3) is 5.56 Å². The SMILES string of the molecule is COc1ccc2cc(CN(C(=S)NCC(C)C)C3CCCCC3)c(=O)[nH]c2c1. The third kappa shape index (κ3) is 5.04. The molecule has 6 heteroatoms.